The molecule has 2 aliphatic rings. The summed E-state index contributed by atoms with van der Waals surface area (Å²) in [5, 5.41) is 6.92. The topological polar surface area (TPSA) is 115 Å². The minimum Gasteiger partial charge on any atom is -0.375 e. The maximum Gasteiger partial charge on any atom is 0.332 e. The third-order valence-corrected chi connectivity index (χ3v) is 7.24. The minimum absolute atomic E-state index is 0.0789. The van der Waals surface area contributed by atoms with E-state index in [0.717, 1.165) is 35.0 Å². The molecule has 0 aliphatic carbocycles. The molecule has 2 atom stereocenters. The van der Waals surface area contributed by atoms with Gasteiger partial charge in [0.1, 0.15) is 12.2 Å². The van der Waals surface area contributed by atoms with Gasteiger partial charge in [-0.05, 0) is 31.4 Å². The molecule has 184 valence electrons. The van der Waals surface area contributed by atoms with E-state index in [1.54, 1.807) is 21.7 Å². The second-order valence-electron chi connectivity index (χ2n) is 8.80. The number of nitrogens with two attached hydrogens (primary N) is 1. The second-order valence-corrected chi connectivity index (χ2v) is 9.86. The van der Waals surface area contributed by atoms with E-state index in [2.05, 4.69) is 17.2 Å². The van der Waals surface area contributed by atoms with Crippen LogP contribution in [0, 0.1) is 0 Å². The van der Waals surface area contributed by atoms with E-state index in [4.69, 9.17) is 5.73 Å². The maximum absolute atomic E-state index is 13.2. The van der Waals surface area contributed by atoms with Crippen LogP contribution in [0.1, 0.15) is 45.6 Å². The predicted octanol–water partition coefficient (Wildman–Crippen LogP) is 2.22. The monoisotopic (exact) mass is 487 g/mol. The van der Waals surface area contributed by atoms with Crippen molar-refractivity contribution in [3.05, 3.63) is 23.8 Å². The summed E-state index contributed by atoms with van der Waals surface area (Å²) in [5.74, 6) is -0.247. The molecular weight excluding hydrogens is 454 g/mol. The van der Waals surface area contributed by atoms with Gasteiger partial charge < -0.3 is 20.9 Å². The number of benzene rings is 1. The molecule has 0 radical (unpaired) electrons. The van der Waals surface area contributed by atoms with Crippen molar-refractivity contribution < 1.29 is 14.4 Å². The summed E-state index contributed by atoms with van der Waals surface area (Å²) in [7, 11) is 0. The van der Waals surface area contributed by atoms with Gasteiger partial charge in [-0.1, -0.05) is 43.7 Å². The van der Waals surface area contributed by atoms with E-state index < -0.39 is 12.2 Å². The molecule has 3 heterocycles. The molecule has 1 aromatic heterocycles. The molecular formula is C23H33N7O3S. The number of nitrogens with one attached hydrogen (secondary N) is 1. The molecule has 11 heteroatoms. The Bertz CT molecular complexity index is 1070. The molecule has 1 aromatic carbocycles. The summed E-state index contributed by atoms with van der Waals surface area (Å²) in [6.45, 7) is 7.68. The van der Waals surface area contributed by atoms with Crippen LogP contribution in [-0.2, 0) is 16.1 Å². The van der Waals surface area contributed by atoms with Crippen molar-refractivity contribution in [2.24, 2.45) is 0 Å². The van der Waals surface area contributed by atoms with Crippen LogP contribution in [-0.4, -0.2) is 81.0 Å². The summed E-state index contributed by atoms with van der Waals surface area (Å²) in [4.78, 5) is 47.0. The van der Waals surface area contributed by atoms with Crippen LogP contribution in [0.25, 0.3) is 10.2 Å². The van der Waals surface area contributed by atoms with Crippen molar-refractivity contribution in [3.63, 3.8) is 0 Å². The number of amides is 4. The average Bonchev–Trinajstić information content (AvgIpc) is 3.35. The molecule has 4 amide bonds. The molecule has 2 saturated heterocycles. The first-order chi connectivity index (χ1) is 16.3. The van der Waals surface area contributed by atoms with Crippen LogP contribution in [0.4, 0.5) is 9.93 Å². The number of piperazine rings is 1. The number of thiazole rings is 1. The van der Waals surface area contributed by atoms with Crippen LogP contribution in [0.15, 0.2) is 18.2 Å². The van der Waals surface area contributed by atoms with Gasteiger partial charge in [0.15, 0.2) is 5.13 Å². The Balaban J connectivity index is 1.58. The van der Waals surface area contributed by atoms with Gasteiger partial charge in [-0.25, -0.2) is 9.78 Å². The van der Waals surface area contributed by atoms with Crippen molar-refractivity contribution in [1.29, 1.82) is 0 Å². The number of hydrazine groups is 1. The zero-order valence-electron chi connectivity index (χ0n) is 20.0. The highest BCUT2D eigenvalue weighted by molar-refractivity contribution is 7.22. The first-order valence-electron chi connectivity index (χ1n) is 11.9. The Morgan fingerprint density at radius 3 is 2.82 bits per heavy atom. The molecule has 2 fully saturated rings. The van der Waals surface area contributed by atoms with Gasteiger partial charge in [-0.2, -0.15) is 5.01 Å². The largest absolute Gasteiger partial charge is 0.375 e. The summed E-state index contributed by atoms with van der Waals surface area (Å²) < 4.78 is 0.977. The van der Waals surface area contributed by atoms with Crippen molar-refractivity contribution >= 4 is 44.5 Å². The molecule has 0 saturated carbocycles. The van der Waals surface area contributed by atoms with Crippen molar-refractivity contribution in [3.8, 4) is 0 Å². The lowest BCUT2D eigenvalue weighted by Crippen LogP contribution is -2.65. The zero-order valence-corrected chi connectivity index (χ0v) is 20.8. The summed E-state index contributed by atoms with van der Waals surface area (Å²) in [5.41, 5.74) is 7.63. The van der Waals surface area contributed by atoms with Gasteiger partial charge >= 0.3 is 6.03 Å². The molecule has 2 aromatic rings. The van der Waals surface area contributed by atoms with Gasteiger partial charge in [0.05, 0.1) is 23.3 Å². The Morgan fingerprint density at radius 2 is 2.09 bits per heavy atom. The fourth-order valence-electron chi connectivity index (χ4n) is 4.73. The van der Waals surface area contributed by atoms with E-state index in [0.29, 0.717) is 31.3 Å². The summed E-state index contributed by atoms with van der Waals surface area (Å²) in [6, 6.07) is 5.04. The molecule has 3 N–H and O–H groups in total. The molecule has 4 rings (SSSR count). The fourth-order valence-corrected chi connectivity index (χ4v) is 5.51. The first kappa shape index (κ1) is 24.2. The minimum atomic E-state index is -0.609. The number of carbonyl (C=O) groups is 3. The number of hydrogen-bond donors (Lipinski definition) is 2. The lowest BCUT2D eigenvalue weighted by Gasteiger charge is -2.45. The number of carbonyl (C=O) groups excluding carboxylic acids is 3. The number of fused-ring (bicyclic) bond motifs is 2. The Hall–Kier alpha value is -2.92. The Kier molecular flexibility index (Phi) is 7.22. The molecule has 0 spiro atoms. The van der Waals surface area contributed by atoms with Gasteiger partial charge in [0.25, 0.3) is 0 Å². The number of nitrogens with zero attached hydrogens (tertiary/aromatic N) is 5. The van der Waals surface area contributed by atoms with Crippen LogP contribution >= 0.6 is 11.3 Å². The summed E-state index contributed by atoms with van der Waals surface area (Å²) in [6.07, 6.45) is 2.23. The highest BCUT2D eigenvalue weighted by Gasteiger charge is 2.50. The van der Waals surface area contributed by atoms with Crippen LogP contribution in [0.3, 0.4) is 0 Å². The highest BCUT2D eigenvalue weighted by atomic mass is 32.1. The third kappa shape index (κ3) is 4.54. The number of anilines is 1. The van der Waals surface area contributed by atoms with Crippen LogP contribution in [0.5, 0.6) is 0 Å². The third-order valence-electron chi connectivity index (χ3n) is 6.39. The lowest BCUT2D eigenvalue weighted by atomic mass is 10.1. The van der Waals surface area contributed by atoms with Crippen LogP contribution < -0.4 is 11.1 Å². The number of hydrogen-bond acceptors (Lipinski definition) is 7. The smallest absolute Gasteiger partial charge is 0.332 e. The van der Waals surface area contributed by atoms with E-state index in [1.165, 1.54) is 11.3 Å². The van der Waals surface area contributed by atoms with Crippen LogP contribution in [0.2, 0.25) is 0 Å². The van der Waals surface area contributed by atoms with Crippen molar-refractivity contribution in [2.45, 2.75) is 58.8 Å². The van der Waals surface area contributed by atoms with Gasteiger partial charge in [0.2, 0.25) is 11.8 Å². The zero-order chi connectivity index (χ0) is 24.4. The molecule has 2 aliphatic heterocycles. The van der Waals surface area contributed by atoms with E-state index >= 15 is 0 Å². The maximum atomic E-state index is 13.2. The number of para-hydroxylation sites is 1. The van der Waals surface area contributed by atoms with Crippen molar-refractivity contribution in [2.75, 3.05) is 31.9 Å². The quantitative estimate of drug-likeness (QED) is 0.552. The lowest BCUT2D eigenvalue weighted by molar-refractivity contribution is -0.156. The average molecular weight is 488 g/mol. The highest BCUT2D eigenvalue weighted by Crippen LogP contribution is 2.31. The van der Waals surface area contributed by atoms with Crippen molar-refractivity contribution in [1.82, 2.24) is 30.1 Å². The molecule has 0 bridgehead atoms. The number of aromatic nitrogens is 1. The molecule has 0 unspecified atom stereocenters. The van der Waals surface area contributed by atoms with E-state index in [9.17, 15) is 14.4 Å². The SMILES string of the molecule is CCCCNC(=O)N(CCC)N1CC(=O)N2[C@@H](C)C(=O)N(Cc3cccc4sc(N)nc34)C[C@@H]21. The van der Waals surface area contributed by atoms with E-state index in [1.807, 2.05) is 30.1 Å². The van der Waals surface area contributed by atoms with Gasteiger partial charge in [-0.15, -0.1) is 0 Å². The Morgan fingerprint density at radius 1 is 1.29 bits per heavy atom. The predicted molar refractivity (Wildman–Crippen MR) is 132 cm³/mol. The molecule has 34 heavy (non-hydrogen) atoms. The van der Waals surface area contributed by atoms with Gasteiger partial charge in [-0.3, -0.25) is 14.6 Å². The number of rotatable bonds is 8. The first-order valence-corrected chi connectivity index (χ1v) is 12.7. The van der Waals surface area contributed by atoms with E-state index in [-0.39, 0.29) is 24.4 Å². The number of urea groups is 1. The Labute approximate surface area is 203 Å². The summed E-state index contributed by atoms with van der Waals surface area (Å²) >= 11 is 1.42. The molecule has 10 nitrogen and oxygen atoms in total. The van der Waals surface area contributed by atoms with Gasteiger partial charge in [0, 0.05) is 19.6 Å². The second kappa shape index (κ2) is 10.1. The standard InChI is InChI=1S/C23H33N7O3S/c1-4-6-10-25-23(33)28(11-5-2)29-14-19(31)30-15(3)21(32)27(13-18(29)30)12-16-8-7-9-17-20(16)26-22(24)34-17/h7-9,15,18H,4-6,10-14H2,1-3H3,(H2,24,26)(H,25,33)/t15-,18+/m0/s1. The fraction of sp³-hybridized carbons (Fsp3) is 0.565. The number of unbranched alkanes of at least 4 members (excludes halogenated alkanes) is 1. The number of nitrogen functional groups attached to an aromatic ring is 1. The normalized spacial score (nSPS) is 20.8.